The highest BCUT2D eigenvalue weighted by atomic mass is 127. The lowest BCUT2D eigenvalue weighted by molar-refractivity contribution is 0.0987. The number of methoxy groups -OCH3 is 1. The van der Waals surface area contributed by atoms with Crippen molar-refractivity contribution in [1.29, 1.82) is 0 Å². The molecule has 0 fully saturated rings. The summed E-state index contributed by atoms with van der Waals surface area (Å²) >= 11 is 3.56. The maximum absolute atomic E-state index is 13.4. The molecular weight excluding hydrogens is 509 g/mol. The van der Waals surface area contributed by atoms with E-state index in [2.05, 4.69) is 32.7 Å². The minimum absolute atomic E-state index is 0.227. The van der Waals surface area contributed by atoms with Crippen molar-refractivity contribution in [3.05, 3.63) is 87.0 Å². The number of benzene rings is 3. The number of hydrogen-bond acceptors (Lipinski definition) is 5. The minimum atomic E-state index is -0.227. The van der Waals surface area contributed by atoms with Crippen molar-refractivity contribution in [2.45, 2.75) is 6.92 Å². The van der Waals surface area contributed by atoms with Crippen molar-refractivity contribution in [2.75, 3.05) is 12.1 Å². The molecule has 0 unspecified atom stereocenters. The number of nitrogens with zero attached hydrogens (tertiary/aromatic N) is 3. The van der Waals surface area contributed by atoms with Gasteiger partial charge in [-0.25, -0.2) is 4.98 Å². The lowest BCUT2D eigenvalue weighted by Crippen LogP contribution is -2.26. The predicted molar refractivity (Wildman–Crippen MR) is 131 cm³/mol. The van der Waals surface area contributed by atoms with Gasteiger partial charge in [-0.15, -0.1) is 0 Å². The quantitative estimate of drug-likeness (QED) is 0.185. The first-order chi connectivity index (χ1) is 14.5. The standard InChI is InChI=1S/C23H18IN3O2S/c1-15-7-9-16(10-8-15)14-25-27(22(28)18-5-3-4-6-19(18)24)23-26-20-12-11-17(29-2)13-21(20)30-23/h3-14H,1-2H3/b25-14+. The van der Waals surface area contributed by atoms with Gasteiger partial charge in [-0.3, -0.25) is 4.79 Å². The van der Waals surface area contributed by atoms with E-state index in [1.54, 1.807) is 19.4 Å². The van der Waals surface area contributed by atoms with Crippen molar-refractivity contribution in [2.24, 2.45) is 5.10 Å². The van der Waals surface area contributed by atoms with Crippen molar-refractivity contribution >= 4 is 61.4 Å². The van der Waals surface area contributed by atoms with Crippen molar-refractivity contribution in [3.8, 4) is 5.75 Å². The Bertz CT molecular complexity index is 1230. The Morgan fingerprint density at radius 1 is 1.13 bits per heavy atom. The zero-order chi connectivity index (χ0) is 21.1. The summed E-state index contributed by atoms with van der Waals surface area (Å²) in [5, 5.41) is 6.40. The summed E-state index contributed by atoms with van der Waals surface area (Å²) in [4.78, 5) is 18.0. The monoisotopic (exact) mass is 527 g/mol. The smallest absolute Gasteiger partial charge is 0.281 e. The number of carbonyl (C=O) groups excluding carboxylic acids is 1. The molecule has 4 aromatic rings. The highest BCUT2D eigenvalue weighted by molar-refractivity contribution is 14.1. The number of hydrazone groups is 1. The van der Waals surface area contributed by atoms with Crippen LogP contribution in [0.5, 0.6) is 5.75 Å². The third-order valence-electron chi connectivity index (χ3n) is 4.46. The average Bonchev–Trinajstić information content (AvgIpc) is 3.18. The second-order valence-electron chi connectivity index (χ2n) is 6.58. The van der Waals surface area contributed by atoms with Crippen LogP contribution in [-0.4, -0.2) is 24.2 Å². The van der Waals surface area contributed by atoms with Gasteiger partial charge in [-0.2, -0.15) is 10.1 Å². The van der Waals surface area contributed by atoms with Gasteiger partial charge in [0.25, 0.3) is 5.91 Å². The zero-order valence-corrected chi connectivity index (χ0v) is 19.3. The molecule has 150 valence electrons. The van der Waals surface area contributed by atoms with Crippen molar-refractivity contribution in [1.82, 2.24) is 4.98 Å². The first kappa shape index (κ1) is 20.5. The molecule has 1 amide bonds. The zero-order valence-electron chi connectivity index (χ0n) is 16.4. The van der Waals surface area contributed by atoms with E-state index >= 15 is 0 Å². The molecule has 0 saturated carbocycles. The van der Waals surface area contributed by atoms with Gasteiger partial charge in [-0.05, 0) is 65.4 Å². The summed E-state index contributed by atoms with van der Waals surface area (Å²) in [5.74, 6) is 0.519. The summed E-state index contributed by atoms with van der Waals surface area (Å²) in [6.45, 7) is 2.03. The molecular formula is C23H18IN3O2S. The van der Waals surface area contributed by atoms with Gasteiger partial charge < -0.3 is 4.74 Å². The number of fused-ring (bicyclic) bond motifs is 1. The Labute approximate surface area is 192 Å². The van der Waals surface area contributed by atoms with E-state index in [4.69, 9.17) is 4.74 Å². The molecule has 5 nitrogen and oxygen atoms in total. The Balaban J connectivity index is 1.77. The lowest BCUT2D eigenvalue weighted by atomic mass is 10.2. The van der Waals surface area contributed by atoms with Crippen LogP contribution in [0, 0.1) is 10.5 Å². The minimum Gasteiger partial charge on any atom is -0.497 e. The van der Waals surface area contributed by atoms with E-state index in [1.807, 2.05) is 67.6 Å². The summed E-state index contributed by atoms with van der Waals surface area (Å²) in [7, 11) is 1.63. The number of anilines is 1. The van der Waals surface area contributed by atoms with Crippen molar-refractivity contribution < 1.29 is 9.53 Å². The van der Waals surface area contributed by atoms with Gasteiger partial charge in [0.2, 0.25) is 5.13 Å². The van der Waals surface area contributed by atoms with Gasteiger partial charge in [0, 0.05) is 3.57 Å². The summed E-state index contributed by atoms with van der Waals surface area (Å²) in [5.41, 5.74) is 3.45. The lowest BCUT2D eigenvalue weighted by Gasteiger charge is -2.14. The third kappa shape index (κ3) is 4.36. The van der Waals surface area contributed by atoms with Gasteiger partial charge in [-0.1, -0.05) is 53.3 Å². The van der Waals surface area contributed by atoms with Gasteiger partial charge in [0.15, 0.2) is 0 Å². The van der Waals surface area contributed by atoms with Crippen LogP contribution < -0.4 is 9.75 Å². The fourth-order valence-electron chi connectivity index (χ4n) is 2.82. The Morgan fingerprint density at radius 3 is 2.63 bits per heavy atom. The molecule has 4 rings (SSSR count). The summed E-state index contributed by atoms with van der Waals surface area (Å²) < 4.78 is 7.09. The van der Waals surface area contributed by atoms with Gasteiger partial charge in [0.05, 0.1) is 29.1 Å². The fraction of sp³-hybridized carbons (Fsp3) is 0.0870. The number of thiazole rings is 1. The van der Waals surface area contributed by atoms with E-state index in [0.29, 0.717) is 10.7 Å². The van der Waals surface area contributed by atoms with Crippen LogP contribution in [0.2, 0.25) is 0 Å². The first-order valence-electron chi connectivity index (χ1n) is 9.19. The number of aromatic nitrogens is 1. The van der Waals surface area contributed by atoms with E-state index in [0.717, 1.165) is 25.1 Å². The van der Waals surface area contributed by atoms with Gasteiger partial charge in [0.1, 0.15) is 5.75 Å². The maximum atomic E-state index is 13.4. The number of ether oxygens (including phenoxy) is 1. The number of carbonyl (C=O) groups is 1. The van der Waals surface area contributed by atoms with Crippen LogP contribution >= 0.6 is 33.9 Å². The highest BCUT2D eigenvalue weighted by Crippen LogP contribution is 2.32. The molecule has 7 heteroatoms. The average molecular weight is 527 g/mol. The molecule has 0 aliphatic rings. The number of halogens is 1. The molecule has 0 spiro atoms. The Morgan fingerprint density at radius 2 is 1.90 bits per heavy atom. The van der Waals surface area contributed by atoms with Crippen molar-refractivity contribution in [3.63, 3.8) is 0 Å². The largest absolute Gasteiger partial charge is 0.497 e. The second kappa shape index (κ2) is 8.93. The molecule has 0 atom stereocenters. The van der Waals surface area contributed by atoms with E-state index < -0.39 is 0 Å². The highest BCUT2D eigenvalue weighted by Gasteiger charge is 2.22. The van der Waals surface area contributed by atoms with Crippen LogP contribution in [0.15, 0.2) is 71.8 Å². The van der Waals surface area contributed by atoms with Crippen LogP contribution in [-0.2, 0) is 0 Å². The predicted octanol–water partition coefficient (Wildman–Crippen LogP) is 5.90. The fourth-order valence-corrected chi connectivity index (χ4v) is 4.39. The van der Waals surface area contributed by atoms with Crippen LogP contribution in [0.25, 0.3) is 10.2 Å². The Hall–Kier alpha value is -2.78. The Kier molecular flexibility index (Phi) is 6.10. The molecule has 0 aliphatic heterocycles. The molecule has 30 heavy (non-hydrogen) atoms. The SMILES string of the molecule is COc1ccc2nc(N(/N=C/c3ccc(C)cc3)C(=O)c3ccccc3I)sc2c1. The molecule has 0 radical (unpaired) electrons. The molecule has 0 N–H and O–H groups in total. The van der Waals surface area contributed by atoms with E-state index in [1.165, 1.54) is 21.9 Å². The van der Waals surface area contributed by atoms with Gasteiger partial charge >= 0.3 is 0 Å². The summed E-state index contributed by atoms with van der Waals surface area (Å²) in [6.07, 6.45) is 1.68. The van der Waals surface area contributed by atoms with Crippen LogP contribution in [0.1, 0.15) is 21.5 Å². The molecule has 0 saturated heterocycles. The maximum Gasteiger partial charge on any atom is 0.281 e. The number of amides is 1. The van der Waals surface area contributed by atoms with Crippen LogP contribution in [0.4, 0.5) is 5.13 Å². The molecule has 0 aliphatic carbocycles. The number of aryl methyl sites for hydroxylation is 1. The first-order valence-corrected chi connectivity index (χ1v) is 11.1. The molecule has 0 bridgehead atoms. The van der Waals surface area contributed by atoms with E-state index in [-0.39, 0.29) is 5.91 Å². The number of hydrogen-bond donors (Lipinski definition) is 0. The van der Waals surface area contributed by atoms with E-state index in [9.17, 15) is 4.79 Å². The normalized spacial score (nSPS) is 11.2. The molecule has 3 aromatic carbocycles. The molecule has 1 heterocycles. The van der Waals surface area contributed by atoms with Crippen LogP contribution in [0.3, 0.4) is 0 Å². The molecule has 1 aromatic heterocycles. The third-order valence-corrected chi connectivity index (χ3v) is 6.40. The summed E-state index contributed by atoms with van der Waals surface area (Å²) in [6, 6.07) is 21.1. The second-order valence-corrected chi connectivity index (χ2v) is 8.75. The topological polar surface area (TPSA) is 54.8 Å². The number of rotatable bonds is 5.